The van der Waals surface area contributed by atoms with E-state index in [1.165, 1.54) is 30.4 Å². The molecule has 0 aliphatic heterocycles. The third-order valence-electron chi connectivity index (χ3n) is 4.11. The molecule has 0 bridgehead atoms. The lowest BCUT2D eigenvalue weighted by Gasteiger charge is -2.31. The van der Waals surface area contributed by atoms with Crippen molar-refractivity contribution < 1.29 is 28.2 Å². The predicted octanol–water partition coefficient (Wildman–Crippen LogP) is 2.06. The molecule has 9 heteroatoms. The lowest BCUT2D eigenvalue weighted by Crippen LogP contribution is -2.43. The number of allylic oxidation sites excluding steroid dienone is 2. The number of benzene rings is 1. The zero-order valence-corrected chi connectivity index (χ0v) is 15.3. The van der Waals surface area contributed by atoms with Crippen LogP contribution in [-0.4, -0.2) is 36.3 Å². The van der Waals surface area contributed by atoms with Crippen molar-refractivity contribution in [2.45, 2.75) is 19.1 Å². The maximum atomic E-state index is 12.1. The lowest BCUT2D eigenvalue weighted by molar-refractivity contribution is -0.142. The number of nitrogens with one attached hydrogen (secondary N) is 1. The summed E-state index contributed by atoms with van der Waals surface area (Å²) in [5, 5.41) is 27.6. The molecule has 1 aliphatic carbocycles. The number of carboxylic acid groups (broad SMARTS) is 2. The van der Waals surface area contributed by atoms with Gasteiger partial charge in [0.15, 0.2) is 0 Å². The molecule has 7 nitrogen and oxygen atoms in total. The second-order valence-corrected chi connectivity index (χ2v) is 7.40. The molecule has 1 aliphatic rings. The average Bonchev–Trinajstić information content (AvgIpc) is 2.52. The van der Waals surface area contributed by atoms with Gasteiger partial charge in [-0.05, 0) is 42.7 Å². The number of hydrogen-bond acceptors (Lipinski definition) is 5. The van der Waals surface area contributed by atoms with Gasteiger partial charge >= 0.3 is 11.9 Å². The van der Waals surface area contributed by atoms with E-state index >= 15 is 0 Å². The third-order valence-corrected chi connectivity index (χ3v) is 4.94. The number of rotatable bonds is 6. The fourth-order valence-corrected chi connectivity index (χ4v) is 3.73. The van der Waals surface area contributed by atoms with Gasteiger partial charge in [-0.25, -0.2) is 13.2 Å². The standard InChI is InChI=1S/C17H16ClNO6S/c1-9-4-13(15(20)21)14(19)17(6-9,16(22)23)7-11-5-12(18)3-2-10(11)8-26(24)25/h2-6,19,26H,7-8H2,1H3,(H,20,21)(H,22,23). The summed E-state index contributed by atoms with van der Waals surface area (Å²) in [5.74, 6) is -3.11. The Bertz CT molecular complexity index is 939. The maximum absolute atomic E-state index is 12.1. The predicted molar refractivity (Wildman–Crippen MR) is 96.4 cm³/mol. The summed E-state index contributed by atoms with van der Waals surface area (Å²) in [6, 6.07) is 4.41. The molecule has 1 aromatic rings. The summed E-state index contributed by atoms with van der Waals surface area (Å²) >= 11 is 5.97. The van der Waals surface area contributed by atoms with Gasteiger partial charge in [0.05, 0.1) is 17.0 Å². The van der Waals surface area contributed by atoms with Crippen LogP contribution in [0.1, 0.15) is 18.1 Å². The molecule has 0 radical (unpaired) electrons. The van der Waals surface area contributed by atoms with E-state index in [0.717, 1.165) is 0 Å². The van der Waals surface area contributed by atoms with Crippen molar-refractivity contribution in [2.75, 3.05) is 0 Å². The van der Waals surface area contributed by atoms with Gasteiger partial charge in [-0.1, -0.05) is 29.3 Å². The Labute approximate surface area is 156 Å². The average molecular weight is 398 g/mol. The minimum Gasteiger partial charge on any atom is -0.480 e. The Morgan fingerprint density at radius 1 is 1.23 bits per heavy atom. The van der Waals surface area contributed by atoms with Crippen molar-refractivity contribution in [3.05, 3.63) is 57.6 Å². The number of aliphatic carboxylic acids is 2. The summed E-state index contributed by atoms with van der Waals surface area (Å²) in [5.41, 5.74) is -1.83. The van der Waals surface area contributed by atoms with E-state index in [2.05, 4.69) is 0 Å². The number of carbonyl (C=O) groups is 2. The normalized spacial score (nSPS) is 19.9. The van der Waals surface area contributed by atoms with Gasteiger partial charge in [0, 0.05) is 5.02 Å². The van der Waals surface area contributed by atoms with Crippen LogP contribution in [0.5, 0.6) is 0 Å². The van der Waals surface area contributed by atoms with E-state index in [-0.39, 0.29) is 17.2 Å². The largest absolute Gasteiger partial charge is 0.480 e. The first-order valence-electron chi connectivity index (χ1n) is 7.43. The molecule has 0 saturated heterocycles. The van der Waals surface area contributed by atoms with E-state index in [0.29, 0.717) is 16.7 Å². The van der Waals surface area contributed by atoms with Crippen molar-refractivity contribution in [1.82, 2.24) is 0 Å². The van der Waals surface area contributed by atoms with Gasteiger partial charge in [-0.15, -0.1) is 0 Å². The highest BCUT2D eigenvalue weighted by atomic mass is 35.5. The van der Waals surface area contributed by atoms with E-state index < -0.39 is 39.3 Å². The molecule has 0 fully saturated rings. The van der Waals surface area contributed by atoms with E-state index in [9.17, 15) is 28.2 Å². The number of halogens is 1. The molecule has 1 aromatic carbocycles. The van der Waals surface area contributed by atoms with Gasteiger partial charge in [-0.3, -0.25) is 4.79 Å². The van der Waals surface area contributed by atoms with Crippen LogP contribution >= 0.6 is 11.6 Å². The van der Waals surface area contributed by atoms with Crippen molar-refractivity contribution in [2.24, 2.45) is 5.41 Å². The Morgan fingerprint density at radius 3 is 2.42 bits per heavy atom. The van der Waals surface area contributed by atoms with Crippen molar-refractivity contribution >= 4 is 40.0 Å². The minimum absolute atomic E-state index is 0.280. The number of carboxylic acids is 2. The number of hydrogen-bond donors (Lipinski definition) is 4. The Morgan fingerprint density at radius 2 is 1.88 bits per heavy atom. The molecular weight excluding hydrogens is 382 g/mol. The molecule has 0 saturated carbocycles. The van der Waals surface area contributed by atoms with Crippen LogP contribution in [0.2, 0.25) is 5.02 Å². The SMILES string of the molecule is CC1=CC(Cc2cc(Cl)ccc2C[SH](=O)=O)(C(=O)O)C(=N)C(C(=O)O)=C1. The molecule has 2 rings (SSSR count). The zero-order chi connectivity index (χ0) is 19.6. The summed E-state index contributed by atoms with van der Waals surface area (Å²) in [4.78, 5) is 23.5. The molecular formula is C17H16ClNO6S. The van der Waals surface area contributed by atoms with Crippen LogP contribution in [0.25, 0.3) is 0 Å². The summed E-state index contributed by atoms with van der Waals surface area (Å²) in [6.07, 6.45) is 2.26. The summed E-state index contributed by atoms with van der Waals surface area (Å²) in [7, 11) is -2.76. The van der Waals surface area contributed by atoms with E-state index in [4.69, 9.17) is 17.0 Å². The first kappa shape index (κ1) is 19.9. The molecule has 1 atom stereocenters. The lowest BCUT2D eigenvalue weighted by atomic mass is 9.70. The first-order chi connectivity index (χ1) is 12.1. The second-order valence-electron chi connectivity index (χ2n) is 5.98. The zero-order valence-electron chi connectivity index (χ0n) is 13.7. The summed E-state index contributed by atoms with van der Waals surface area (Å²) < 4.78 is 22.2. The van der Waals surface area contributed by atoms with Crippen LogP contribution in [0.3, 0.4) is 0 Å². The molecule has 0 spiro atoms. The highest BCUT2D eigenvalue weighted by Gasteiger charge is 2.46. The second kappa shape index (κ2) is 7.43. The number of thiol groups is 1. The van der Waals surface area contributed by atoms with E-state index in [1.807, 2.05) is 0 Å². The Balaban J connectivity index is 2.62. The van der Waals surface area contributed by atoms with Crippen LogP contribution in [0.15, 0.2) is 41.5 Å². The van der Waals surface area contributed by atoms with Gasteiger partial charge < -0.3 is 15.6 Å². The molecule has 0 amide bonds. The summed E-state index contributed by atoms with van der Waals surface area (Å²) in [6.45, 7) is 1.54. The molecule has 0 aromatic heterocycles. The molecule has 1 unspecified atom stereocenters. The van der Waals surface area contributed by atoms with Crippen LogP contribution in [0, 0.1) is 10.8 Å². The molecule has 26 heavy (non-hydrogen) atoms. The quantitative estimate of drug-likeness (QED) is 0.543. The van der Waals surface area contributed by atoms with Gasteiger partial charge in [-0.2, -0.15) is 0 Å². The minimum atomic E-state index is -2.76. The molecule has 3 N–H and O–H groups in total. The van der Waals surface area contributed by atoms with Crippen molar-refractivity contribution in [3.8, 4) is 0 Å². The fraction of sp³-hybridized carbons (Fsp3) is 0.235. The molecule has 0 heterocycles. The maximum Gasteiger partial charge on any atom is 0.337 e. The van der Waals surface area contributed by atoms with Crippen LogP contribution < -0.4 is 0 Å². The molecule has 138 valence electrons. The topological polar surface area (TPSA) is 133 Å². The van der Waals surface area contributed by atoms with Gasteiger partial charge in [0.2, 0.25) is 0 Å². The van der Waals surface area contributed by atoms with Crippen LogP contribution in [-0.2, 0) is 32.5 Å². The smallest absolute Gasteiger partial charge is 0.337 e. The fourth-order valence-electron chi connectivity index (χ4n) is 2.95. The Hall–Kier alpha value is -2.45. The first-order valence-corrected chi connectivity index (χ1v) is 9.17. The van der Waals surface area contributed by atoms with Gasteiger partial charge in [0.1, 0.15) is 16.1 Å². The highest BCUT2D eigenvalue weighted by molar-refractivity contribution is 7.71. The van der Waals surface area contributed by atoms with Crippen molar-refractivity contribution in [1.29, 1.82) is 5.41 Å². The Kier molecular flexibility index (Phi) is 5.68. The van der Waals surface area contributed by atoms with Gasteiger partial charge in [0.25, 0.3) is 0 Å². The van der Waals surface area contributed by atoms with Crippen molar-refractivity contribution in [3.63, 3.8) is 0 Å². The third kappa shape index (κ3) is 3.86. The highest BCUT2D eigenvalue weighted by Crippen LogP contribution is 2.37. The monoisotopic (exact) mass is 397 g/mol. The van der Waals surface area contributed by atoms with Crippen LogP contribution in [0.4, 0.5) is 0 Å². The van der Waals surface area contributed by atoms with E-state index in [1.54, 1.807) is 6.92 Å².